The fourth-order valence-electron chi connectivity index (χ4n) is 1.57. The average molecular weight is 185 g/mol. The first-order valence-electron chi connectivity index (χ1n) is 4.54. The number of carbonyl (C=O) groups excluding carboxylic acids is 2. The summed E-state index contributed by atoms with van der Waals surface area (Å²) in [5, 5.41) is 2.69. The van der Waals surface area contributed by atoms with Crippen molar-refractivity contribution in [3.8, 4) is 0 Å². The molecule has 0 spiro atoms. The Morgan fingerprint density at radius 1 is 1.62 bits per heavy atom. The summed E-state index contributed by atoms with van der Waals surface area (Å²) >= 11 is 0. The van der Waals surface area contributed by atoms with Crippen molar-refractivity contribution in [1.29, 1.82) is 0 Å². The normalized spacial score (nSPS) is 18.5. The van der Waals surface area contributed by atoms with Gasteiger partial charge in [0.25, 0.3) is 6.47 Å². The first kappa shape index (κ1) is 10.0. The lowest BCUT2D eigenvalue weighted by molar-refractivity contribution is -0.154. The van der Waals surface area contributed by atoms with Crippen LogP contribution in [0.4, 0.5) is 0 Å². The van der Waals surface area contributed by atoms with E-state index in [1.165, 1.54) is 6.92 Å². The third-order valence-corrected chi connectivity index (χ3v) is 2.52. The van der Waals surface area contributed by atoms with Crippen molar-refractivity contribution in [2.45, 2.75) is 38.2 Å². The molecular formula is C9H15NO3. The molecule has 0 aliphatic heterocycles. The van der Waals surface area contributed by atoms with Crippen molar-refractivity contribution < 1.29 is 14.3 Å². The van der Waals surface area contributed by atoms with Gasteiger partial charge in [0.05, 0.1) is 0 Å². The van der Waals surface area contributed by atoms with Crippen LogP contribution in [0, 0.1) is 0 Å². The summed E-state index contributed by atoms with van der Waals surface area (Å²) in [5.41, 5.74) is -0.274. The number of ether oxygens (including phenoxy) is 1. The molecule has 0 unspecified atom stereocenters. The Morgan fingerprint density at radius 3 is 2.69 bits per heavy atom. The molecule has 0 saturated heterocycles. The van der Waals surface area contributed by atoms with Gasteiger partial charge in [0.2, 0.25) is 5.91 Å². The maximum absolute atomic E-state index is 10.6. The van der Waals surface area contributed by atoms with Crippen LogP contribution in [0.3, 0.4) is 0 Å². The molecule has 1 aliphatic rings. The van der Waals surface area contributed by atoms with Crippen molar-refractivity contribution in [3.63, 3.8) is 0 Å². The molecule has 0 aromatic heterocycles. The second-order valence-electron chi connectivity index (χ2n) is 3.48. The van der Waals surface area contributed by atoms with Gasteiger partial charge in [0.1, 0.15) is 5.60 Å². The quantitative estimate of drug-likeness (QED) is 0.638. The molecule has 4 heteroatoms. The van der Waals surface area contributed by atoms with Crippen molar-refractivity contribution in [1.82, 2.24) is 5.32 Å². The van der Waals surface area contributed by atoms with E-state index in [2.05, 4.69) is 5.32 Å². The summed E-state index contributed by atoms with van der Waals surface area (Å²) in [5.74, 6) is -0.0411. The minimum atomic E-state index is -0.274. The van der Waals surface area contributed by atoms with E-state index in [1.807, 2.05) is 0 Å². The molecule has 0 radical (unpaired) electrons. The molecule has 1 fully saturated rings. The monoisotopic (exact) mass is 185 g/mol. The van der Waals surface area contributed by atoms with E-state index in [0.29, 0.717) is 13.0 Å². The van der Waals surface area contributed by atoms with Crippen LogP contribution in [-0.2, 0) is 14.3 Å². The Labute approximate surface area is 77.6 Å². The van der Waals surface area contributed by atoms with E-state index < -0.39 is 0 Å². The highest BCUT2D eigenvalue weighted by Crippen LogP contribution is 2.37. The molecule has 4 nitrogen and oxygen atoms in total. The molecule has 1 aliphatic carbocycles. The van der Waals surface area contributed by atoms with Gasteiger partial charge in [-0.05, 0) is 19.3 Å². The van der Waals surface area contributed by atoms with Gasteiger partial charge in [0, 0.05) is 19.9 Å². The fraction of sp³-hybridized carbons (Fsp3) is 0.778. The second-order valence-corrected chi connectivity index (χ2v) is 3.48. The standard InChI is InChI=1S/C9H15NO3/c1-8(12)10-6-5-9(13-7-11)3-2-4-9/h7H,2-6H2,1H3,(H,10,12). The largest absolute Gasteiger partial charge is 0.461 e. The lowest BCUT2D eigenvalue weighted by Crippen LogP contribution is -2.42. The van der Waals surface area contributed by atoms with Gasteiger partial charge in [-0.25, -0.2) is 0 Å². The molecule has 0 aromatic carbocycles. The van der Waals surface area contributed by atoms with Crippen molar-refractivity contribution in [2.75, 3.05) is 6.54 Å². The zero-order valence-corrected chi connectivity index (χ0v) is 7.84. The molecule has 0 aromatic rings. The Bertz CT molecular complexity index is 199. The molecule has 13 heavy (non-hydrogen) atoms. The molecular weight excluding hydrogens is 170 g/mol. The number of rotatable bonds is 5. The van der Waals surface area contributed by atoms with Crippen LogP contribution in [-0.4, -0.2) is 24.5 Å². The highest BCUT2D eigenvalue weighted by molar-refractivity contribution is 5.72. The number of amides is 1. The summed E-state index contributed by atoms with van der Waals surface area (Å²) in [6, 6.07) is 0. The van der Waals surface area contributed by atoms with Crippen LogP contribution in [0.1, 0.15) is 32.6 Å². The van der Waals surface area contributed by atoms with Crippen molar-refractivity contribution in [2.24, 2.45) is 0 Å². The summed E-state index contributed by atoms with van der Waals surface area (Å²) in [6.07, 6.45) is 3.68. The third-order valence-electron chi connectivity index (χ3n) is 2.52. The summed E-state index contributed by atoms with van der Waals surface area (Å²) in [7, 11) is 0. The van der Waals surface area contributed by atoms with Gasteiger partial charge >= 0.3 is 0 Å². The molecule has 1 saturated carbocycles. The zero-order valence-electron chi connectivity index (χ0n) is 7.84. The van der Waals surface area contributed by atoms with E-state index in [9.17, 15) is 9.59 Å². The zero-order chi connectivity index (χ0) is 9.73. The number of hydrogen-bond donors (Lipinski definition) is 1. The van der Waals surface area contributed by atoms with E-state index >= 15 is 0 Å². The predicted octanol–water partition coefficient (Wildman–Crippen LogP) is 0.608. The van der Waals surface area contributed by atoms with Crippen LogP contribution >= 0.6 is 0 Å². The molecule has 74 valence electrons. The number of hydrogen-bond acceptors (Lipinski definition) is 3. The lowest BCUT2D eigenvalue weighted by atomic mass is 9.77. The van der Waals surface area contributed by atoms with E-state index in [1.54, 1.807) is 0 Å². The Balaban J connectivity index is 2.23. The molecule has 1 N–H and O–H groups in total. The molecule has 1 rings (SSSR count). The molecule has 1 amide bonds. The smallest absolute Gasteiger partial charge is 0.293 e. The number of nitrogens with one attached hydrogen (secondary N) is 1. The number of carbonyl (C=O) groups is 2. The first-order chi connectivity index (χ1) is 6.18. The Kier molecular flexibility index (Phi) is 3.28. The van der Waals surface area contributed by atoms with E-state index in [0.717, 1.165) is 25.7 Å². The Morgan fingerprint density at radius 2 is 2.31 bits per heavy atom. The average Bonchev–Trinajstić information content (AvgIpc) is 1.99. The molecule has 0 atom stereocenters. The first-order valence-corrected chi connectivity index (χ1v) is 4.54. The third kappa shape index (κ3) is 2.72. The van der Waals surface area contributed by atoms with E-state index in [-0.39, 0.29) is 11.5 Å². The highest BCUT2D eigenvalue weighted by atomic mass is 16.5. The van der Waals surface area contributed by atoms with Crippen LogP contribution in [0.2, 0.25) is 0 Å². The topological polar surface area (TPSA) is 55.4 Å². The maximum Gasteiger partial charge on any atom is 0.293 e. The highest BCUT2D eigenvalue weighted by Gasteiger charge is 2.38. The minimum absolute atomic E-state index is 0.0411. The summed E-state index contributed by atoms with van der Waals surface area (Å²) in [6.45, 7) is 2.57. The van der Waals surface area contributed by atoms with Gasteiger partial charge in [-0.15, -0.1) is 0 Å². The molecule has 0 heterocycles. The van der Waals surface area contributed by atoms with Gasteiger partial charge in [-0.2, -0.15) is 0 Å². The summed E-state index contributed by atoms with van der Waals surface area (Å²) < 4.78 is 5.02. The SMILES string of the molecule is CC(=O)NCCC1(OC=O)CCC1. The van der Waals surface area contributed by atoms with Crippen molar-refractivity contribution in [3.05, 3.63) is 0 Å². The second kappa shape index (κ2) is 4.25. The van der Waals surface area contributed by atoms with Crippen LogP contribution in [0.15, 0.2) is 0 Å². The lowest BCUT2D eigenvalue weighted by Gasteiger charge is -2.39. The van der Waals surface area contributed by atoms with E-state index in [4.69, 9.17) is 4.74 Å². The summed E-state index contributed by atoms with van der Waals surface area (Å²) in [4.78, 5) is 20.8. The predicted molar refractivity (Wildman–Crippen MR) is 47.0 cm³/mol. The van der Waals surface area contributed by atoms with Gasteiger partial charge in [-0.1, -0.05) is 0 Å². The maximum atomic E-state index is 10.6. The Hall–Kier alpha value is -1.06. The van der Waals surface area contributed by atoms with Crippen LogP contribution in [0.25, 0.3) is 0 Å². The minimum Gasteiger partial charge on any atom is -0.461 e. The van der Waals surface area contributed by atoms with Gasteiger partial charge in [-0.3, -0.25) is 9.59 Å². The fourth-order valence-corrected chi connectivity index (χ4v) is 1.57. The molecule has 0 bridgehead atoms. The van der Waals surface area contributed by atoms with Crippen molar-refractivity contribution >= 4 is 12.4 Å². The van der Waals surface area contributed by atoms with Crippen LogP contribution in [0.5, 0.6) is 0 Å². The van der Waals surface area contributed by atoms with Gasteiger partial charge < -0.3 is 10.1 Å². The van der Waals surface area contributed by atoms with Gasteiger partial charge in [0.15, 0.2) is 0 Å². The van der Waals surface area contributed by atoms with Crippen LogP contribution < -0.4 is 5.32 Å².